The van der Waals surface area contributed by atoms with Gasteiger partial charge >= 0.3 is 0 Å². The third-order valence-electron chi connectivity index (χ3n) is 7.16. The second kappa shape index (κ2) is 9.73. The van der Waals surface area contributed by atoms with E-state index in [2.05, 4.69) is 54.0 Å². The van der Waals surface area contributed by atoms with Gasteiger partial charge in [-0.3, -0.25) is 4.79 Å². The summed E-state index contributed by atoms with van der Waals surface area (Å²) < 4.78 is 5.25. The van der Waals surface area contributed by atoms with Crippen LogP contribution >= 0.6 is 0 Å². The Hall–Kier alpha value is -2.53. The Morgan fingerprint density at radius 2 is 1.68 bits per heavy atom. The van der Waals surface area contributed by atoms with E-state index >= 15 is 0 Å². The minimum atomic E-state index is 0.201. The third-order valence-corrected chi connectivity index (χ3v) is 7.16. The summed E-state index contributed by atoms with van der Waals surface area (Å²) in [6.07, 6.45) is 2.00. The molecule has 0 atom stereocenters. The number of piperidine rings is 1. The zero-order valence-electron chi connectivity index (χ0n) is 19.2. The molecular formula is C26H36N3O2+. The van der Waals surface area contributed by atoms with Crippen LogP contribution in [-0.2, 0) is 11.3 Å². The highest BCUT2D eigenvalue weighted by Crippen LogP contribution is 2.24. The van der Waals surface area contributed by atoms with E-state index < -0.39 is 0 Å². The predicted octanol–water partition coefficient (Wildman–Crippen LogP) is 2.46. The molecule has 1 amide bonds. The van der Waals surface area contributed by atoms with Crippen molar-refractivity contribution >= 4 is 11.6 Å². The summed E-state index contributed by atoms with van der Waals surface area (Å²) in [5.41, 5.74) is 5.35. The molecule has 0 radical (unpaired) electrons. The quantitative estimate of drug-likeness (QED) is 0.804. The van der Waals surface area contributed by atoms with Gasteiger partial charge in [0.05, 0.1) is 20.2 Å². The standard InChI is InChI=1S/C26H35N3O2/c1-20-5-4-6-25(21(20)2)28-15-17-29(18-16-28)26(30)23-11-13-27(14-12-23)19-22-7-9-24(31-3)10-8-22/h4-10,23H,11-19H2,1-3H3/p+1. The number of hydrogen-bond acceptors (Lipinski definition) is 3. The van der Waals surface area contributed by atoms with E-state index in [1.165, 1.54) is 22.4 Å². The second-order valence-corrected chi connectivity index (χ2v) is 9.08. The van der Waals surface area contributed by atoms with Crippen molar-refractivity contribution in [2.45, 2.75) is 33.2 Å². The van der Waals surface area contributed by atoms with Crippen molar-refractivity contribution in [1.82, 2.24) is 4.90 Å². The molecule has 0 spiro atoms. The van der Waals surface area contributed by atoms with E-state index in [0.29, 0.717) is 5.91 Å². The molecule has 0 saturated carbocycles. The summed E-state index contributed by atoms with van der Waals surface area (Å²) in [7, 11) is 1.70. The maximum absolute atomic E-state index is 13.1. The summed E-state index contributed by atoms with van der Waals surface area (Å²) in [4.78, 5) is 19.3. The largest absolute Gasteiger partial charge is 0.497 e. The van der Waals surface area contributed by atoms with Gasteiger partial charge in [0, 0.05) is 56.2 Å². The lowest BCUT2D eigenvalue weighted by atomic mass is 9.94. The minimum absolute atomic E-state index is 0.201. The van der Waals surface area contributed by atoms with Crippen LogP contribution in [0.2, 0.25) is 0 Å². The van der Waals surface area contributed by atoms with Gasteiger partial charge in [-0.25, -0.2) is 0 Å². The summed E-state index contributed by atoms with van der Waals surface area (Å²) in [5, 5.41) is 0. The molecule has 31 heavy (non-hydrogen) atoms. The highest BCUT2D eigenvalue weighted by molar-refractivity contribution is 5.79. The number of amides is 1. The Morgan fingerprint density at radius 3 is 2.32 bits per heavy atom. The Balaban J connectivity index is 1.25. The normalized spacial score (nSPS) is 21.8. The van der Waals surface area contributed by atoms with Crippen LogP contribution in [0.1, 0.15) is 29.5 Å². The third kappa shape index (κ3) is 5.04. The van der Waals surface area contributed by atoms with Gasteiger partial charge in [0.1, 0.15) is 12.3 Å². The molecule has 0 bridgehead atoms. The first-order valence-electron chi connectivity index (χ1n) is 11.6. The SMILES string of the molecule is COc1ccc(C[NH+]2CCC(C(=O)N3CCN(c4cccc(C)c4C)CC3)CC2)cc1. The van der Waals surface area contributed by atoms with Crippen molar-refractivity contribution in [3.05, 3.63) is 59.2 Å². The molecule has 2 fully saturated rings. The van der Waals surface area contributed by atoms with Crippen molar-refractivity contribution in [1.29, 1.82) is 0 Å². The molecule has 166 valence electrons. The van der Waals surface area contributed by atoms with Gasteiger partial charge in [0.15, 0.2) is 0 Å². The monoisotopic (exact) mass is 422 g/mol. The molecule has 2 aromatic carbocycles. The molecule has 2 aromatic rings. The number of nitrogens with zero attached hydrogens (tertiary/aromatic N) is 2. The van der Waals surface area contributed by atoms with E-state index in [-0.39, 0.29) is 5.92 Å². The topological polar surface area (TPSA) is 37.2 Å². The number of carbonyl (C=O) groups is 1. The molecule has 5 heteroatoms. The Kier molecular flexibility index (Phi) is 6.81. The average Bonchev–Trinajstić information content (AvgIpc) is 2.81. The first-order valence-corrected chi connectivity index (χ1v) is 11.6. The number of hydrogen-bond donors (Lipinski definition) is 1. The van der Waals surface area contributed by atoms with Gasteiger partial charge in [-0.15, -0.1) is 0 Å². The number of rotatable bonds is 5. The number of methoxy groups -OCH3 is 1. The van der Waals surface area contributed by atoms with Crippen LogP contribution in [0, 0.1) is 19.8 Å². The van der Waals surface area contributed by atoms with Gasteiger partial charge in [-0.05, 0) is 55.3 Å². The maximum atomic E-state index is 13.1. The molecule has 2 aliphatic heterocycles. The minimum Gasteiger partial charge on any atom is -0.497 e. The van der Waals surface area contributed by atoms with Crippen molar-refractivity contribution in [2.24, 2.45) is 5.92 Å². The number of carbonyl (C=O) groups excluding carboxylic acids is 1. The number of quaternary nitrogens is 1. The Labute approximate surface area is 186 Å². The maximum Gasteiger partial charge on any atom is 0.226 e. The molecule has 4 rings (SSSR count). The van der Waals surface area contributed by atoms with Crippen LogP contribution in [0.5, 0.6) is 5.75 Å². The molecule has 0 unspecified atom stereocenters. The van der Waals surface area contributed by atoms with Gasteiger partial charge in [0.25, 0.3) is 0 Å². The van der Waals surface area contributed by atoms with Crippen LogP contribution in [0.3, 0.4) is 0 Å². The van der Waals surface area contributed by atoms with Crippen molar-refractivity contribution < 1.29 is 14.4 Å². The van der Waals surface area contributed by atoms with E-state index in [4.69, 9.17) is 4.74 Å². The van der Waals surface area contributed by atoms with E-state index in [1.807, 2.05) is 12.1 Å². The fraction of sp³-hybridized carbons (Fsp3) is 0.500. The summed E-state index contributed by atoms with van der Waals surface area (Å²) in [5.74, 6) is 1.48. The lowest BCUT2D eigenvalue weighted by Crippen LogP contribution is -3.11. The molecular weight excluding hydrogens is 386 g/mol. The lowest BCUT2D eigenvalue weighted by molar-refractivity contribution is -0.919. The summed E-state index contributed by atoms with van der Waals surface area (Å²) in [6.45, 7) is 11.1. The second-order valence-electron chi connectivity index (χ2n) is 9.08. The fourth-order valence-corrected chi connectivity index (χ4v) is 4.99. The number of aryl methyl sites for hydroxylation is 1. The zero-order chi connectivity index (χ0) is 21.8. The van der Waals surface area contributed by atoms with Crippen LogP contribution in [0.15, 0.2) is 42.5 Å². The van der Waals surface area contributed by atoms with Crippen molar-refractivity contribution in [3.8, 4) is 5.75 Å². The summed E-state index contributed by atoms with van der Waals surface area (Å²) >= 11 is 0. The molecule has 2 saturated heterocycles. The molecule has 2 aliphatic rings. The number of ether oxygens (including phenoxy) is 1. The predicted molar refractivity (Wildman–Crippen MR) is 125 cm³/mol. The van der Waals surface area contributed by atoms with Crippen LogP contribution < -0.4 is 14.5 Å². The van der Waals surface area contributed by atoms with Crippen molar-refractivity contribution in [3.63, 3.8) is 0 Å². The van der Waals surface area contributed by atoms with Gasteiger partial charge in [-0.2, -0.15) is 0 Å². The number of piperazine rings is 1. The summed E-state index contributed by atoms with van der Waals surface area (Å²) in [6, 6.07) is 14.9. The number of likely N-dealkylation sites (tertiary alicyclic amines) is 1. The lowest BCUT2D eigenvalue weighted by Gasteiger charge is -2.39. The molecule has 1 N–H and O–H groups in total. The molecule has 0 aliphatic carbocycles. The fourth-order valence-electron chi connectivity index (χ4n) is 4.99. The zero-order valence-corrected chi connectivity index (χ0v) is 19.2. The van der Waals surface area contributed by atoms with Gasteiger partial charge in [-0.1, -0.05) is 12.1 Å². The van der Waals surface area contributed by atoms with Crippen LogP contribution in [0.4, 0.5) is 5.69 Å². The molecule has 5 nitrogen and oxygen atoms in total. The highest BCUT2D eigenvalue weighted by atomic mass is 16.5. The smallest absolute Gasteiger partial charge is 0.226 e. The first kappa shape index (κ1) is 21.7. The van der Waals surface area contributed by atoms with Gasteiger partial charge < -0.3 is 19.4 Å². The number of nitrogens with one attached hydrogen (secondary N) is 1. The Bertz CT molecular complexity index is 880. The van der Waals surface area contributed by atoms with Crippen molar-refractivity contribution in [2.75, 3.05) is 51.3 Å². The van der Waals surface area contributed by atoms with E-state index in [9.17, 15) is 4.79 Å². The Morgan fingerprint density at radius 1 is 1.00 bits per heavy atom. The molecule has 2 heterocycles. The highest BCUT2D eigenvalue weighted by Gasteiger charge is 2.32. The molecule has 0 aromatic heterocycles. The van der Waals surface area contributed by atoms with E-state index in [0.717, 1.165) is 64.4 Å². The van der Waals surface area contributed by atoms with E-state index in [1.54, 1.807) is 12.0 Å². The first-order chi connectivity index (χ1) is 15.0. The van der Waals surface area contributed by atoms with Crippen LogP contribution in [-0.4, -0.2) is 57.2 Å². The number of anilines is 1. The van der Waals surface area contributed by atoms with Gasteiger partial charge in [0.2, 0.25) is 5.91 Å². The average molecular weight is 423 g/mol. The van der Waals surface area contributed by atoms with Crippen LogP contribution in [0.25, 0.3) is 0 Å². The number of benzene rings is 2.